The van der Waals surface area contributed by atoms with Crippen molar-refractivity contribution in [1.29, 1.82) is 0 Å². The number of rotatable bonds is 3. The van der Waals surface area contributed by atoms with Crippen LogP contribution in [-0.2, 0) is 6.42 Å². The molecule has 0 amide bonds. The number of fused-ring (bicyclic) bond motifs is 1. The van der Waals surface area contributed by atoms with Crippen molar-refractivity contribution < 1.29 is 0 Å². The molecule has 0 spiro atoms. The Kier molecular flexibility index (Phi) is 4.23. The predicted octanol–water partition coefficient (Wildman–Crippen LogP) is 2.48. The molecule has 0 bridgehead atoms. The maximum absolute atomic E-state index is 5.83. The molecule has 4 heteroatoms. The number of benzene rings is 1. The van der Waals surface area contributed by atoms with E-state index in [0.717, 1.165) is 23.0 Å². The molecular formula is C16H22N4. The van der Waals surface area contributed by atoms with E-state index in [0.29, 0.717) is 12.5 Å². The molecular weight excluding hydrogens is 248 g/mol. The van der Waals surface area contributed by atoms with Crippen molar-refractivity contribution in [3.05, 3.63) is 42.1 Å². The first-order valence-corrected chi connectivity index (χ1v) is 6.87. The minimum Gasteiger partial charge on any atom is -0.370 e. The summed E-state index contributed by atoms with van der Waals surface area (Å²) in [6.45, 7) is 6.81. The van der Waals surface area contributed by atoms with Crippen LogP contribution < -0.4 is 11.1 Å². The molecule has 0 unspecified atom stereocenters. The third-order valence-electron chi connectivity index (χ3n) is 2.81. The Balaban J connectivity index is 1.97. The van der Waals surface area contributed by atoms with Crippen molar-refractivity contribution in [3.8, 4) is 0 Å². The topological polar surface area (TPSA) is 63.3 Å². The Labute approximate surface area is 120 Å². The lowest BCUT2D eigenvalue weighted by Gasteiger charge is -2.20. The average molecular weight is 270 g/mol. The first-order valence-electron chi connectivity index (χ1n) is 6.87. The predicted molar refractivity (Wildman–Crippen MR) is 84.8 cm³/mol. The SMILES string of the molecule is CC(C)(C)NC(N)=NCCc1ccc2ccccc2n1. The summed E-state index contributed by atoms with van der Waals surface area (Å²) in [6, 6.07) is 12.3. The van der Waals surface area contributed by atoms with Crippen LogP contribution in [0.3, 0.4) is 0 Å². The van der Waals surface area contributed by atoms with Crippen molar-refractivity contribution in [1.82, 2.24) is 10.3 Å². The molecule has 0 saturated carbocycles. The maximum Gasteiger partial charge on any atom is 0.188 e. The molecule has 1 heterocycles. The Morgan fingerprint density at radius 3 is 2.70 bits per heavy atom. The van der Waals surface area contributed by atoms with Crippen molar-refractivity contribution >= 4 is 16.9 Å². The van der Waals surface area contributed by atoms with E-state index in [1.807, 2.05) is 24.3 Å². The number of hydrogen-bond acceptors (Lipinski definition) is 2. The summed E-state index contributed by atoms with van der Waals surface area (Å²) in [5.41, 5.74) is 7.83. The fraction of sp³-hybridized carbons (Fsp3) is 0.375. The van der Waals surface area contributed by atoms with E-state index in [2.05, 4.69) is 48.2 Å². The molecule has 0 aliphatic heterocycles. The number of hydrogen-bond donors (Lipinski definition) is 2. The Morgan fingerprint density at radius 1 is 1.20 bits per heavy atom. The van der Waals surface area contributed by atoms with Gasteiger partial charge in [-0.25, -0.2) is 0 Å². The lowest BCUT2D eigenvalue weighted by molar-refractivity contribution is 0.508. The highest BCUT2D eigenvalue weighted by Gasteiger charge is 2.09. The monoisotopic (exact) mass is 270 g/mol. The zero-order valence-electron chi connectivity index (χ0n) is 12.4. The molecule has 4 nitrogen and oxygen atoms in total. The normalized spacial score (nSPS) is 12.7. The second kappa shape index (κ2) is 5.90. The number of nitrogens with two attached hydrogens (primary N) is 1. The van der Waals surface area contributed by atoms with E-state index in [1.54, 1.807) is 0 Å². The molecule has 3 N–H and O–H groups in total. The van der Waals surface area contributed by atoms with Crippen LogP contribution in [0.25, 0.3) is 10.9 Å². The van der Waals surface area contributed by atoms with E-state index in [-0.39, 0.29) is 5.54 Å². The quantitative estimate of drug-likeness (QED) is 0.665. The molecule has 0 fully saturated rings. The smallest absolute Gasteiger partial charge is 0.188 e. The van der Waals surface area contributed by atoms with Gasteiger partial charge in [0.25, 0.3) is 0 Å². The Hall–Kier alpha value is -2.10. The van der Waals surface area contributed by atoms with Crippen molar-refractivity contribution in [2.75, 3.05) is 6.54 Å². The number of nitrogens with one attached hydrogen (secondary N) is 1. The van der Waals surface area contributed by atoms with Gasteiger partial charge in [0.2, 0.25) is 0 Å². The zero-order valence-corrected chi connectivity index (χ0v) is 12.4. The summed E-state index contributed by atoms with van der Waals surface area (Å²) >= 11 is 0. The largest absolute Gasteiger partial charge is 0.370 e. The number of aromatic nitrogens is 1. The molecule has 0 aliphatic carbocycles. The minimum absolute atomic E-state index is 0.0607. The number of aliphatic imine (C=N–C) groups is 1. The molecule has 2 rings (SSSR count). The van der Waals surface area contributed by atoms with Gasteiger partial charge < -0.3 is 11.1 Å². The van der Waals surface area contributed by atoms with Crippen LogP contribution in [0, 0.1) is 0 Å². The van der Waals surface area contributed by atoms with E-state index in [1.165, 1.54) is 0 Å². The molecule has 0 saturated heterocycles. The Bertz CT molecular complexity index is 611. The highest BCUT2D eigenvalue weighted by Crippen LogP contribution is 2.12. The fourth-order valence-corrected chi connectivity index (χ4v) is 1.96. The highest BCUT2D eigenvalue weighted by molar-refractivity contribution is 5.79. The van der Waals surface area contributed by atoms with Gasteiger partial charge in [-0.1, -0.05) is 24.3 Å². The van der Waals surface area contributed by atoms with Crippen molar-refractivity contribution in [2.24, 2.45) is 10.7 Å². The zero-order chi connectivity index (χ0) is 14.6. The lowest BCUT2D eigenvalue weighted by Crippen LogP contribution is -2.45. The van der Waals surface area contributed by atoms with Gasteiger partial charge in [-0.05, 0) is 32.9 Å². The number of para-hydroxylation sites is 1. The third-order valence-corrected chi connectivity index (χ3v) is 2.81. The molecule has 20 heavy (non-hydrogen) atoms. The van der Waals surface area contributed by atoms with Crippen LogP contribution in [0.4, 0.5) is 0 Å². The summed E-state index contributed by atoms with van der Waals surface area (Å²) in [5, 5.41) is 4.30. The number of guanidine groups is 1. The fourth-order valence-electron chi connectivity index (χ4n) is 1.96. The van der Waals surface area contributed by atoms with Gasteiger partial charge in [-0.2, -0.15) is 0 Å². The van der Waals surface area contributed by atoms with Crippen LogP contribution in [-0.4, -0.2) is 23.0 Å². The summed E-state index contributed by atoms with van der Waals surface area (Å²) < 4.78 is 0. The summed E-state index contributed by atoms with van der Waals surface area (Å²) in [4.78, 5) is 8.94. The van der Waals surface area contributed by atoms with Gasteiger partial charge >= 0.3 is 0 Å². The molecule has 0 atom stereocenters. The molecule has 0 aliphatic rings. The Morgan fingerprint density at radius 2 is 1.95 bits per heavy atom. The van der Waals surface area contributed by atoms with Crippen molar-refractivity contribution in [2.45, 2.75) is 32.7 Å². The average Bonchev–Trinajstić information content (AvgIpc) is 2.36. The van der Waals surface area contributed by atoms with E-state index in [9.17, 15) is 0 Å². The first kappa shape index (κ1) is 14.3. The molecule has 0 radical (unpaired) electrons. The summed E-state index contributed by atoms with van der Waals surface area (Å²) in [6.07, 6.45) is 0.789. The summed E-state index contributed by atoms with van der Waals surface area (Å²) in [5.74, 6) is 0.485. The molecule has 1 aromatic heterocycles. The van der Waals surface area contributed by atoms with Gasteiger partial charge in [0.05, 0.1) is 5.52 Å². The van der Waals surface area contributed by atoms with Gasteiger partial charge in [0.1, 0.15) is 0 Å². The standard InChI is InChI=1S/C16H22N4/c1-16(2,3)20-15(17)18-11-10-13-9-8-12-6-4-5-7-14(12)19-13/h4-9H,10-11H2,1-3H3,(H3,17,18,20). The van der Waals surface area contributed by atoms with Crippen molar-refractivity contribution in [3.63, 3.8) is 0 Å². The highest BCUT2D eigenvalue weighted by atomic mass is 15.1. The van der Waals surface area contributed by atoms with Crippen LogP contribution in [0.15, 0.2) is 41.4 Å². The van der Waals surface area contributed by atoms with Gasteiger partial charge in [0, 0.05) is 29.6 Å². The number of pyridine rings is 1. The first-order chi connectivity index (χ1) is 9.44. The van der Waals surface area contributed by atoms with Gasteiger partial charge in [-0.15, -0.1) is 0 Å². The van der Waals surface area contributed by atoms with Crippen LogP contribution in [0.2, 0.25) is 0 Å². The molecule has 2 aromatic rings. The van der Waals surface area contributed by atoms with Crippen LogP contribution in [0.1, 0.15) is 26.5 Å². The van der Waals surface area contributed by atoms with E-state index in [4.69, 9.17) is 5.73 Å². The summed E-state index contributed by atoms with van der Waals surface area (Å²) in [7, 11) is 0. The van der Waals surface area contributed by atoms with Gasteiger partial charge in [-0.3, -0.25) is 9.98 Å². The second-order valence-electron chi connectivity index (χ2n) is 5.89. The number of nitrogens with zero attached hydrogens (tertiary/aromatic N) is 2. The lowest BCUT2D eigenvalue weighted by atomic mass is 10.1. The maximum atomic E-state index is 5.83. The minimum atomic E-state index is -0.0607. The van der Waals surface area contributed by atoms with Crippen LogP contribution >= 0.6 is 0 Å². The third kappa shape index (κ3) is 4.23. The van der Waals surface area contributed by atoms with E-state index >= 15 is 0 Å². The van der Waals surface area contributed by atoms with Crippen LogP contribution in [0.5, 0.6) is 0 Å². The molecule has 1 aromatic carbocycles. The van der Waals surface area contributed by atoms with Gasteiger partial charge in [0.15, 0.2) is 5.96 Å². The second-order valence-corrected chi connectivity index (χ2v) is 5.89. The molecule has 106 valence electrons. The van der Waals surface area contributed by atoms with E-state index < -0.39 is 0 Å².